The molecule has 2 rings (SSSR count). The van der Waals surface area contributed by atoms with Crippen molar-refractivity contribution in [2.24, 2.45) is 11.8 Å². The fraction of sp³-hybridized carbons (Fsp3) is 1.00. The highest BCUT2D eigenvalue weighted by molar-refractivity contribution is 4.93. The van der Waals surface area contributed by atoms with Gasteiger partial charge in [0.05, 0.1) is 0 Å². The zero-order valence-corrected chi connectivity index (χ0v) is 9.84. The largest absolute Gasteiger partial charge is 0.309 e. The molecule has 0 bridgehead atoms. The van der Waals surface area contributed by atoms with E-state index in [1.54, 1.807) is 0 Å². The quantitative estimate of drug-likeness (QED) is 0.739. The summed E-state index contributed by atoms with van der Waals surface area (Å²) in [6.45, 7) is 12.0. The van der Waals surface area contributed by atoms with E-state index in [4.69, 9.17) is 0 Å². The summed E-state index contributed by atoms with van der Waals surface area (Å²) in [6, 6.07) is 0. The summed E-state index contributed by atoms with van der Waals surface area (Å²) >= 11 is 0. The Balaban J connectivity index is 1.81. The fourth-order valence-corrected chi connectivity index (χ4v) is 2.52. The average Bonchev–Trinajstić information content (AvgIpc) is 2.82. The van der Waals surface area contributed by atoms with Crippen LogP contribution in [0.1, 0.15) is 33.6 Å². The van der Waals surface area contributed by atoms with Crippen molar-refractivity contribution in [3.63, 3.8) is 0 Å². The predicted octanol–water partition coefficient (Wildman–Crippen LogP) is 1.72. The van der Waals surface area contributed by atoms with Crippen LogP contribution in [0.2, 0.25) is 0 Å². The number of nitrogens with zero attached hydrogens (tertiary/aromatic N) is 1. The normalized spacial score (nSPS) is 43.9. The lowest BCUT2D eigenvalue weighted by Crippen LogP contribution is -2.58. The standard InChI is InChI=1S/C12H24N2/c1-4-12(3)9-14(6-5-13-12)8-11-7-10(11)2/h10-11,13H,4-9H2,1-3H3. The van der Waals surface area contributed by atoms with Gasteiger partial charge >= 0.3 is 0 Å². The smallest absolute Gasteiger partial charge is 0.0278 e. The third-order valence-corrected chi connectivity index (χ3v) is 4.10. The second kappa shape index (κ2) is 3.82. The van der Waals surface area contributed by atoms with Gasteiger partial charge in [-0.15, -0.1) is 0 Å². The highest BCUT2D eigenvalue weighted by atomic mass is 15.2. The lowest BCUT2D eigenvalue weighted by atomic mass is 9.96. The van der Waals surface area contributed by atoms with Crippen LogP contribution in [0.3, 0.4) is 0 Å². The van der Waals surface area contributed by atoms with Gasteiger partial charge in [-0.3, -0.25) is 4.90 Å². The topological polar surface area (TPSA) is 15.3 Å². The van der Waals surface area contributed by atoms with E-state index in [1.165, 1.54) is 39.0 Å². The van der Waals surface area contributed by atoms with Crippen LogP contribution in [-0.2, 0) is 0 Å². The Morgan fingerprint density at radius 2 is 2.21 bits per heavy atom. The van der Waals surface area contributed by atoms with Gasteiger partial charge in [0.2, 0.25) is 0 Å². The van der Waals surface area contributed by atoms with Crippen molar-refractivity contribution in [3.8, 4) is 0 Å². The summed E-state index contributed by atoms with van der Waals surface area (Å²) in [7, 11) is 0. The molecular weight excluding hydrogens is 172 g/mol. The number of rotatable bonds is 3. The summed E-state index contributed by atoms with van der Waals surface area (Å²) < 4.78 is 0. The minimum atomic E-state index is 0.371. The van der Waals surface area contributed by atoms with Crippen molar-refractivity contribution in [3.05, 3.63) is 0 Å². The van der Waals surface area contributed by atoms with Crippen LogP contribution >= 0.6 is 0 Å². The summed E-state index contributed by atoms with van der Waals surface area (Å²) in [4.78, 5) is 2.66. The first-order valence-corrected chi connectivity index (χ1v) is 6.10. The maximum Gasteiger partial charge on any atom is 0.0278 e. The second-order valence-corrected chi connectivity index (χ2v) is 5.55. The van der Waals surface area contributed by atoms with Gasteiger partial charge in [-0.2, -0.15) is 0 Å². The molecule has 2 nitrogen and oxygen atoms in total. The van der Waals surface area contributed by atoms with Crippen molar-refractivity contribution >= 4 is 0 Å². The molecule has 2 aliphatic rings. The zero-order valence-electron chi connectivity index (χ0n) is 9.84. The number of hydrogen-bond acceptors (Lipinski definition) is 2. The molecular formula is C12H24N2. The summed E-state index contributed by atoms with van der Waals surface area (Å²) in [6.07, 6.45) is 2.70. The van der Waals surface area contributed by atoms with Gasteiger partial charge in [0.25, 0.3) is 0 Å². The van der Waals surface area contributed by atoms with Gasteiger partial charge in [-0.25, -0.2) is 0 Å². The van der Waals surface area contributed by atoms with E-state index in [9.17, 15) is 0 Å². The molecule has 1 N–H and O–H groups in total. The Labute approximate surface area is 88.1 Å². The van der Waals surface area contributed by atoms with Crippen molar-refractivity contribution < 1.29 is 0 Å². The molecule has 1 saturated heterocycles. The summed E-state index contributed by atoms with van der Waals surface area (Å²) in [5, 5.41) is 3.64. The van der Waals surface area contributed by atoms with Crippen LogP contribution < -0.4 is 5.32 Å². The minimum absolute atomic E-state index is 0.371. The lowest BCUT2D eigenvalue weighted by Gasteiger charge is -2.41. The first kappa shape index (κ1) is 10.4. The van der Waals surface area contributed by atoms with Crippen molar-refractivity contribution in [1.29, 1.82) is 0 Å². The molecule has 1 saturated carbocycles. The molecule has 3 atom stereocenters. The van der Waals surface area contributed by atoms with Crippen molar-refractivity contribution in [1.82, 2.24) is 10.2 Å². The summed E-state index contributed by atoms with van der Waals surface area (Å²) in [5.41, 5.74) is 0.371. The molecule has 0 amide bonds. The third-order valence-electron chi connectivity index (χ3n) is 4.10. The Bertz CT molecular complexity index is 204. The molecule has 0 radical (unpaired) electrons. The molecule has 2 fully saturated rings. The summed E-state index contributed by atoms with van der Waals surface area (Å²) in [5.74, 6) is 2.01. The molecule has 82 valence electrons. The highest BCUT2D eigenvalue weighted by Gasteiger charge is 2.36. The maximum atomic E-state index is 3.64. The Kier molecular flexibility index (Phi) is 2.85. The van der Waals surface area contributed by atoms with E-state index in [0.717, 1.165) is 11.8 Å². The van der Waals surface area contributed by atoms with Crippen molar-refractivity contribution in [2.45, 2.75) is 39.2 Å². The Morgan fingerprint density at radius 1 is 1.50 bits per heavy atom. The molecule has 2 heteroatoms. The van der Waals surface area contributed by atoms with E-state index >= 15 is 0 Å². The van der Waals surface area contributed by atoms with E-state index in [0.29, 0.717) is 5.54 Å². The van der Waals surface area contributed by atoms with Gasteiger partial charge in [0.15, 0.2) is 0 Å². The predicted molar refractivity (Wildman–Crippen MR) is 60.4 cm³/mol. The SMILES string of the molecule is CCC1(C)CN(CC2CC2C)CCN1. The monoisotopic (exact) mass is 196 g/mol. The lowest BCUT2D eigenvalue weighted by molar-refractivity contribution is 0.133. The molecule has 0 aromatic heterocycles. The van der Waals surface area contributed by atoms with Crippen LogP contribution in [0.4, 0.5) is 0 Å². The molecule has 1 aliphatic carbocycles. The molecule has 14 heavy (non-hydrogen) atoms. The first-order chi connectivity index (χ1) is 6.63. The molecule has 0 aromatic carbocycles. The van der Waals surface area contributed by atoms with Gasteiger partial charge in [0.1, 0.15) is 0 Å². The van der Waals surface area contributed by atoms with Crippen LogP contribution in [0.5, 0.6) is 0 Å². The minimum Gasteiger partial charge on any atom is -0.309 e. The van der Waals surface area contributed by atoms with Crippen molar-refractivity contribution in [2.75, 3.05) is 26.2 Å². The second-order valence-electron chi connectivity index (χ2n) is 5.55. The van der Waals surface area contributed by atoms with Crippen LogP contribution in [0, 0.1) is 11.8 Å². The third kappa shape index (κ3) is 2.29. The Morgan fingerprint density at radius 3 is 2.79 bits per heavy atom. The van der Waals surface area contributed by atoms with Crippen LogP contribution in [0.25, 0.3) is 0 Å². The van der Waals surface area contributed by atoms with Gasteiger partial charge in [0, 0.05) is 31.7 Å². The number of piperazine rings is 1. The van der Waals surface area contributed by atoms with E-state index < -0.39 is 0 Å². The number of nitrogens with one attached hydrogen (secondary N) is 1. The zero-order chi connectivity index (χ0) is 10.2. The molecule has 1 aliphatic heterocycles. The van der Waals surface area contributed by atoms with E-state index in [2.05, 4.69) is 31.0 Å². The first-order valence-electron chi connectivity index (χ1n) is 6.10. The van der Waals surface area contributed by atoms with Gasteiger partial charge < -0.3 is 5.32 Å². The van der Waals surface area contributed by atoms with E-state index in [-0.39, 0.29) is 0 Å². The average molecular weight is 196 g/mol. The molecule has 0 spiro atoms. The van der Waals surface area contributed by atoms with Gasteiger partial charge in [-0.1, -0.05) is 13.8 Å². The maximum absolute atomic E-state index is 3.64. The molecule has 0 aromatic rings. The molecule has 3 unspecified atom stereocenters. The molecule has 1 heterocycles. The van der Waals surface area contributed by atoms with Crippen LogP contribution in [0.15, 0.2) is 0 Å². The number of hydrogen-bond donors (Lipinski definition) is 1. The van der Waals surface area contributed by atoms with E-state index in [1.807, 2.05) is 0 Å². The van der Waals surface area contributed by atoms with Gasteiger partial charge in [-0.05, 0) is 31.6 Å². The highest BCUT2D eigenvalue weighted by Crippen LogP contribution is 2.38. The fourth-order valence-electron chi connectivity index (χ4n) is 2.52. The Hall–Kier alpha value is -0.0800. The van der Waals surface area contributed by atoms with Crippen LogP contribution in [-0.4, -0.2) is 36.6 Å².